The molecule has 0 aliphatic carbocycles. The molecular weight excluding hydrogens is 190 g/mol. The molecule has 90 valence electrons. The molecule has 0 rings (SSSR count). The summed E-state index contributed by atoms with van der Waals surface area (Å²) in [5.74, 6) is 0.0162. The molecule has 0 aromatic rings. The number of hydrogen-bond donors (Lipinski definition) is 1. The number of carboxylic acids is 1. The predicted molar refractivity (Wildman–Crippen MR) is 63.0 cm³/mol. The molecule has 0 amide bonds. The first-order valence-corrected chi connectivity index (χ1v) is 5.93. The Morgan fingerprint density at radius 3 is 2.33 bits per heavy atom. The second-order valence-electron chi connectivity index (χ2n) is 4.44. The maximum absolute atomic E-state index is 10.5. The lowest BCUT2D eigenvalue weighted by molar-refractivity contribution is -0.137. The molecule has 0 spiro atoms. The van der Waals surface area contributed by atoms with Crippen LogP contribution in [-0.2, 0) is 4.79 Å². The molecule has 0 aromatic carbocycles. The van der Waals surface area contributed by atoms with Gasteiger partial charge in [0.15, 0.2) is 0 Å². The van der Waals surface area contributed by atoms with Gasteiger partial charge in [0.2, 0.25) is 0 Å². The van der Waals surface area contributed by atoms with Gasteiger partial charge in [-0.15, -0.1) is 0 Å². The monoisotopic (exact) mass is 215 g/mol. The largest absolute Gasteiger partial charge is 0.481 e. The Morgan fingerprint density at radius 1 is 1.33 bits per heavy atom. The van der Waals surface area contributed by atoms with Gasteiger partial charge in [-0.2, -0.15) is 0 Å². The van der Waals surface area contributed by atoms with Crippen LogP contribution in [0.2, 0.25) is 0 Å². The van der Waals surface area contributed by atoms with Crippen LogP contribution in [0.5, 0.6) is 0 Å². The Bertz CT molecular complexity index is 182. The maximum atomic E-state index is 10.5. The minimum Gasteiger partial charge on any atom is -0.481 e. The Balaban J connectivity index is 3.97. The van der Waals surface area contributed by atoms with Gasteiger partial charge in [-0.3, -0.25) is 4.79 Å². The number of carboxylic acid groups (broad SMARTS) is 1. The van der Waals surface area contributed by atoms with E-state index < -0.39 is 5.97 Å². The van der Waals surface area contributed by atoms with E-state index in [0.29, 0.717) is 12.6 Å². The van der Waals surface area contributed by atoms with Gasteiger partial charge in [-0.05, 0) is 25.8 Å². The summed E-state index contributed by atoms with van der Waals surface area (Å²) in [7, 11) is 2.03. The van der Waals surface area contributed by atoms with Gasteiger partial charge in [-0.1, -0.05) is 27.2 Å². The summed E-state index contributed by atoms with van der Waals surface area (Å²) in [5, 5.41) is 8.62. The van der Waals surface area contributed by atoms with Crippen molar-refractivity contribution in [3.63, 3.8) is 0 Å². The SMILES string of the molecule is CCC(C)CC(CC)N(C)CCC(=O)O. The third kappa shape index (κ3) is 6.50. The van der Waals surface area contributed by atoms with E-state index in [-0.39, 0.29) is 6.42 Å². The zero-order chi connectivity index (χ0) is 11.8. The standard InChI is InChI=1S/C12H25NO2/c1-5-10(3)9-11(6-2)13(4)8-7-12(14)15/h10-11H,5-9H2,1-4H3,(H,14,15). The van der Waals surface area contributed by atoms with Gasteiger partial charge in [0.1, 0.15) is 0 Å². The molecule has 0 aliphatic heterocycles. The van der Waals surface area contributed by atoms with Crippen molar-refractivity contribution >= 4 is 5.97 Å². The van der Waals surface area contributed by atoms with E-state index in [9.17, 15) is 4.79 Å². The van der Waals surface area contributed by atoms with E-state index in [1.165, 1.54) is 12.8 Å². The molecule has 0 fully saturated rings. The first-order chi connectivity index (χ1) is 7.01. The second-order valence-corrected chi connectivity index (χ2v) is 4.44. The topological polar surface area (TPSA) is 40.5 Å². The van der Waals surface area contributed by atoms with Crippen molar-refractivity contribution in [2.75, 3.05) is 13.6 Å². The molecule has 0 saturated carbocycles. The molecule has 3 heteroatoms. The third-order valence-electron chi connectivity index (χ3n) is 3.14. The molecule has 0 radical (unpaired) electrons. The normalized spacial score (nSPS) is 15.3. The van der Waals surface area contributed by atoms with Crippen molar-refractivity contribution in [1.82, 2.24) is 4.90 Å². The molecule has 1 N–H and O–H groups in total. The molecule has 2 unspecified atom stereocenters. The highest BCUT2D eigenvalue weighted by Crippen LogP contribution is 2.16. The Kier molecular flexibility index (Phi) is 7.39. The van der Waals surface area contributed by atoms with Gasteiger partial charge in [0, 0.05) is 12.6 Å². The van der Waals surface area contributed by atoms with E-state index in [4.69, 9.17) is 5.11 Å². The van der Waals surface area contributed by atoms with Crippen LogP contribution in [0.3, 0.4) is 0 Å². The van der Waals surface area contributed by atoms with E-state index >= 15 is 0 Å². The average molecular weight is 215 g/mol. The maximum Gasteiger partial charge on any atom is 0.304 e. The Labute approximate surface area is 93.5 Å². The van der Waals surface area contributed by atoms with Gasteiger partial charge in [0.25, 0.3) is 0 Å². The number of nitrogens with zero attached hydrogens (tertiary/aromatic N) is 1. The quantitative estimate of drug-likeness (QED) is 0.676. The Morgan fingerprint density at radius 2 is 1.93 bits per heavy atom. The number of rotatable bonds is 8. The van der Waals surface area contributed by atoms with Crippen molar-refractivity contribution in [2.24, 2.45) is 5.92 Å². The van der Waals surface area contributed by atoms with Gasteiger partial charge in [0.05, 0.1) is 6.42 Å². The highest BCUT2D eigenvalue weighted by Gasteiger charge is 2.15. The molecule has 0 bridgehead atoms. The lowest BCUT2D eigenvalue weighted by Gasteiger charge is -2.28. The highest BCUT2D eigenvalue weighted by atomic mass is 16.4. The van der Waals surface area contributed by atoms with Crippen LogP contribution in [0.1, 0.15) is 46.5 Å². The fourth-order valence-electron chi connectivity index (χ4n) is 1.74. The summed E-state index contributed by atoms with van der Waals surface area (Å²) in [5.41, 5.74) is 0. The minimum absolute atomic E-state index is 0.244. The van der Waals surface area contributed by atoms with Crippen LogP contribution in [0.15, 0.2) is 0 Å². The summed E-state index contributed by atoms with van der Waals surface area (Å²) in [6.45, 7) is 7.29. The molecule has 0 saturated heterocycles. The van der Waals surface area contributed by atoms with Crippen molar-refractivity contribution in [1.29, 1.82) is 0 Å². The second kappa shape index (κ2) is 7.69. The van der Waals surface area contributed by atoms with Crippen LogP contribution in [0, 0.1) is 5.92 Å². The van der Waals surface area contributed by atoms with Crippen LogP contribution >= 0.6 is 0 Å². The van der Waals surface area contributed by atoms with Crippen LogP contribution in [0.4, 0.5) is 0 Å². The fraction of sp³-hybridized carbons (Fsp3) is 0.917. The van der Waals surface area contributed by atoms with E-state index in [1.54, 1.807) is 0 Å². The number of carbonyl (C=O) groups is 1. The zero-order valence-corrected chi connectivity index (χ0v) is 10.5. The van der Waals surface area contributed by atoms with Gasteiger partial charge >= 0.3 is 5.97 Å². The molecule has 3 nitrogen and oxygen atoms in total. The summed E-state index contributed by atoms with van der Waals surface area (Å²) in [6, 6.07) is 0.527. The van der Waals surface area contributed by atoms with Crippen LogP contribution in [0.25, 0.3) is 0 Å². The molecule has 0 heterocycles. The molecule has 15 heavy (non-hydrogen) atoms. The summed E-state index contributed by atoms with van der Waals surface area (Å²) < 4.78 is 0. The zero-order valence-electron chi connectivity index (χ0n) is 10.5. The average Bonchev–Trinajstić information content (AvgIpc) is 2.21. The number of aliphatic carboxylic acids is 1. The van der Waals surface area contributed by atoms with E-state index in [2.05, 4.69) is 25.7 Å². The third-order valence-corrected chi connectivity index (χ3v) is 3.14. The van der Waals surface area contributed by atoms with Gasteiger partial charge < -0.3 is 10.0 Å². The smallest absolute Gasteiger partial charge is 0.304 e. The molecular formula is C12H25NO2. The first-order valence-electron chi connectivity index (χ1n) is 5.93. The summed E-state index contributed by atoms with van der Waals surface area (Å²) >= 11 is 0. The fourth-order valence-corrected chi connectivity index (χ4v) is 1.74. The summed E-state index contributed by atoms with van der Waals surface area (Å²) in [6.07, 6.45) is 3.71. The number of hydrogen-bond acceptors (Lipinski definition) is 2. The Hall–Kier alpha value is -0.570. The molecule has 0 aliphatic rings. The van der Waals surface area contributed by atoms with Crippen molar-refractivity contribution in [3.05, 3.63) is 0 Å². The molecule has 2 atom stereocenters. The lowest BCUT2D eigenvalue weighted by atomic mass is 9.97. The van der Waals surface area contributed by atoms with E-state index in [1.807, 2.05) is 7.05 Å². The van der Waals surface area contributed by atoms with Crippen molar-refractivity contribution in [3.8, 4) is 0 Å². The van der Waals surface area contributed by atoms with Crippen molar-refractivity contribution < 1.29 is 9.90 Å². The predicted octanol–water partition coefficient (Wildman–Crippen LogP) is 2.61. The van der Waals surface area contributed by atoms with Gasteiger partial charge in [-0.25, -0.2) is 0 Å². The van der Waals surface area contributed by atoms with Crippen LogP contribution in [-0.4, -0.2) is 35.6 Å². The van der Waals surface area contributed by atoms with Crippen LogP contribution < -0.4 is 0 Å². The lowest BCUT2D eigenvalue weighted by Crippen LogP contribution is -2.34. The first kappa shape index (κ1) is 14.4. The van der Waals surface area contributed by atoms with E-state index in [0.717, 1.165) is 12.3 Å². The van der Waals surface area contributed by atoms with Crippen molar-refractivity contribution in [2.45, 2.75) is 52.5 Å². The highest BCUT2D eigenvalue weighted by molar-refractivity contribution is 5.66. The molecule has 0 aromatic heterocycles. The summed E-state index contributed by atoms with van der Waals surface area (Å²) in [4.78, 5) is 12.6. The minimum atomic E-state index is -0.708.